The molecule has 8 heteroatoms. The Labute approximate surface area is 173 Å². The van der Waals surface area contributed by atoms with Crippen LogP contribution in [0.2, 0.25) is 0 Å². The summed E-state index contributed by atoms with van der Waals surface area (Å²) in [7, 11) is -4.77. The van der Waals surface area contributed by atoms with Gasteiger partial charge in [0.2, 0.25) is 16.0 Å². The van der Waals surface area contributed by atoms with E-state index in [0.717, 1.165) is 20.7 Å². The van der Waals surface area contributed by atoms with E-state index < -0.39 is 26.1 Å². The highest BCUT2D eigenvalue weighted by atomic mass is 32.2. The number of anilines is 1. The maximum atomic E-state index is 12.8. The zero-order valence-electron chi connectivity index (χ0n) is 16.3. The topological polar surface area (TPSA) is 95.1 Å². The van der Waals surface area contributed by atoms with Gasteiger partial charge in [-0.1, -0.05) is 24.1 Å². The van der Waals surface area contributed by atoms with Gasteiger partial charge in [-0.3, -0.25) is 4.21 Å². The molecule has 0 aliphatic carbocycles. The summed E-state index contributed by atoms with van der Waals surface area (Å²) in [5.41, 5.74) is 9.06. The Bertz CT molecular complexity index is 1280. The average Bonchev–Trinajstić information content (AvgIpc) is 3.01. The number of aromatic nitrogens is 2. The third-order valence-corrected chi connectivity index (χ3v) is 7.54. The molecule has 1 heterocycles. The lowest BCUT2D eigenvalue weighted by molar-refractivity contribution is 0.580. The smallest absolute Gasteiger partial charge is 0.244 e. The minimum atomic E-state index is -3.69. The molecule has 0 spiro atoms. The van der Waals surface area contributed by atoms with Gasteiger partial charge in [-0.05, 0) is 60.9 Å². The first-order valence-electron chi connectivity index (χ1n) is 8.79. The fourth-order valence-electron chi connectivity index (χ4n) is 2.96. The zero-order chi connectivity index (χ0) is 21.3. The Balaban J connectivity index is 2.21. The van der Waals surface area contributed by atoms with Gasteiger partial charge < -0.3 is 5.73 Å². The second-order valence-electron chi connectivity index (χ2n) is 6.73. The standard InChI is InChI=1S/C21H21N3O3S2/c1-5-6-18(15-7-10-17(11-8-15)28(4)25)16-9-12-19-20(13-16)24(21(22)23-19)29(26,27)14(2)3/h1,6-14H,2-4H3,(H2,22,23)/b18-6-. The van der Waals surface area contributed by atoms with E-state index >= 15 is 0 Å². The number of nitrogens with two attached hydrogens (primary N) is 1. The highest BCUT2D eigenvalue weighted by Gasteiger charge is 2.24. The van der Waals surface area contributed by atoms with E-state index in [4.69, 9.17) is 12.2 Å². The molecule has 0 aliphatic rings. The molecule has 6 nitrogen and oxygen atoms in total. The van der Waals surface area contributed by atoms with Crippen LogP contribution in [0.1, 0.15) is 25.0 Å². The predicted octanol–water partition coefficient (Wildman–Crippen LogP) is 3.01. The predicted molar refractivity (Wildman–Crippen MR) is 118 cm³/mol. The second-order valence-corrected chi connectivity index (χ2v) is 10.5. The molecule has 3 aromatic rings. The molecule has 3 rings (SSSR count). The van der Waals surface area contributed by atoms with Gasteiger partial charge in [0, 0.05) is 22.0 Å². The minimum Gasteiger partial charge on any atom is -0.368 e. The van der Waals surface area contributed by atoms with Crippen LogP contribution in [0, 0.1) is 12.3 Å². The van der Waals surface area contributed by atoms with Crippen molar-refractivity contribution in [2.24, 2.45) is 0 Å². The van der Waals surface area contributed by atoms with Gasteiger partial charge in [-0.2, -0.15) is 0 Å². The van der Waals surface area contributed by atoms with Crippen LogP contribution in [0.25, 0.3) is 16.6 Å². The number of benzene rings is 2. The molecule has 1 aromatic heterocycles. The summed E-state index contributed by atoms with van der Waals surface area (Å²) in [4.78, 5) is 4.89. The summed E-state index contributed by atoms with van der Waals surface area (Å²) in [5, 5.41) is -0.658. The van der Waals surface area contributed by atoms with E-state index in [2.05, 4.69) is 10.9 Å². The van der Waals surface area contributed by atoms with Crippen LogP contribution >= 0.6 is 0 Å². The van der Waals surface area contributed by atoms with E-state index in [-0.39, 0.29) is 5.95 Å². The van der Waals surface area contributed by atoms with Crippen molar-refractivity contribution in [3.05, 3.63) is 59.7 Å². The number of hydrogen-bond acceptors (Lipinski definition) is 5. The van der Waals surface area contributed by atoms with Crippen LogP contribution in [0.4, 0.5) is 5.95 Å². The van der Waals surface area contributed by atoms with Crippen molar-refractivity contribution < 1.29 is 12.6 Å². The molecule has 2 N–H and O–H groups in total. The quantitative estimate of drug-likeness (QED) is 0.632. The first kappa shape index (κ1) is 20.8. The van der Waals surface area contributed by atoms with Gasteiger partial charge >= 0.3 is 0 Å². The first-order valence-corrected chi connectivity index (χ1v) is 11.9. The van der Waals surface area contributed by atoms with Gasteiger partial charge in [-0.25, -0.2) is 17.4 Å². The minimum absolute atomic E-state index is 0.0805. The molecule has 150 valence electrons. The third-order valence-electron chi connectivity index (χ3n) is 4.52. The molecule has 1 atom stereocenters. The number of allylic oxidation sites excluding steroid dienone is 1. The third kappa shape index (κ3) is 3.84. The van der Waals surface area contributed by atoms with Crippen LogP contribution in [-0.4, -0.2) is 33.1 Å². The van der Waals surface area contributed by atoms with Gasteiger partial charge in [0.05, 0.1) is 16.3 Å². The van der Waals surface area contributed by atoms with Crippen molar-refractivity contribution in [3.8, 4) is 12.3 Å². The van der Waals surface area contributed by atoms with Crippen LogP contribution in [0.5, 0.6) is 0 Å². The Morgan fingerprint density at radius 2 is 1.83 bits per heavy atom. The lowest BCUT2D eigenvalue weighted by atomic mass is 9.97. The van der Waals surface area contributed by atoms with E-state index in [1.807, 2.05) is 18.2 Å². The number of imidazole rings is 1. The van der Waals surface area contributed by atoms with Crippen molar-refractivity contribution in [2.75, 3.05) is 12.0 Å². The normalized spacial score (nSPS) is 13.6. The first-order chi connectivity index (χ1) is 13.7. The molecular weight excluding hydrogens is 406 g/mol. The number of rotatable bonds is 5. The largest absolute Gasteiger partial charge is 0.368 e. The van der Waals surface area contributed by atoms with Crippen LogP contribution < -0.4 is 5.73 Å². The van der Waals surface area contributed by atoms with Crippen LogP contribution in [0.15, 0.2) is 53.4 Å². The van der Waals surface area contributed by atoms with Crippen LogP contribution in [-0.2, 0) is 20.8 Å². The lowest BCUT2D eigenvalue weighted by Gasteiger charge is -2.12. The fourth-order valence-corrected chi connectivity index (χ4v) is 4.62. The molecule has 0 radical (unpaired) electrons. The monoisotopic (exact) mass is 427 g/mol. The van der Waals surface area contributed by atoms with Crippen molar-refractivity contribution in [3.63, 3.8) is 0 Å². The fraction of sp³-hybridized carbons (Fsp3) is 0.190. The van der Waals surface area contributed by atoms with Crippen LogP contribution in [0.3, 0.4) is 0 Å². The highest BCUT2D eigenvalue weighted by molar-refractivity contribution is 7.90. The Hall–Kier alpha value is -2.89. The molecule has 2 aromatic carbocycles. The van der Waals surface area contributed by atoms with Gasteiger partial charge in [-0.15, -0.1) is 6.42 Å². The zero-order valence-corrected chi connectivity index (χ0v) is 17.9. The van der Waals surface area contributed by atoms with Gasteiger partial charge in [0.25, 0.3) is 0 Å². The maximum Gasteiger partial charge on any atom is 0.244 e. The summed E-state index contributed by atoms with van der Waals surface area (Å²) >= 11 is 0. The number of hydrogen-bond donors (Lipinski definition) is 1. The van der Waals surface area contributed by atoms with E-state index in [1.54, 1.807) is 50.4 Å². The number of nitrogens with zero attached hydrogens (tertiary/aromatic N) is 2. The van der Waals surface area contributed by atoms with Gasteiger partial charge in [0.1, 0.15) is 0 Å². The number of fused-ring (bicyclic) bond motifs is 1. The van der Waals surface area contributed by atoms with Crippen molar-refractivity contribution in [1.29, 1.82) is 0 Å². The second kappa shape index (κ2) is 7.85. The highest BCUT2D eigenvalue weighted by Crippen LogP contribution is 2.29. The van der Waals surface area contributed by atoms with Crippen molar-refractivity contribution in [1.82, 2.24) is 8.96 Å². The molecule has 0 amide bonds. The molecule has 0 saturated carbocycles. The number of terminal acetylenes is 1. The molecule has 0 saturated heterocycles. The van der Waals surface area contributed by atoms with Crippen molar-refractivity contribution in [2.45, 2.75) is 24.0 Å². The van der Waals surface area contributed by atoms with E-state index in [0.29, 0.717) is 15.9 Å². The SMILES string of the molecule is C#C/C=C(/c1ccc(S(C)=O)cc1)c1ccc2nc(N)n(S(=O)(=O)C(C)C)c2c1. The Morgan fingerprint density at radius 3 is 2.38 bits per heavy atom. The molecular formula is C21H21N3O3S2. The van der Waals surface area contributed by atoms with E-state index in [9.17, 15) is 12.6 Å². The molecule has 0 fully saturated rings. The summed E-state index contributed by atoms with van der Waals surface area (Å²) in [6.45, 7) is 3.18. The summed E-state index contributed by atoms with van der Waals surface area (Å²) in [6, 6.07) is 12.5. The molecule has 0 aliphatic heterocycles. The average molecular weight is 428 g/mol. The summed E-state index contributed by atoms with van der Waals surface area (Å²) in [6.07, 6.45) is 8.75. The molecule has 0 bridgehead atoms. The van der Waals surface area contributed by atoms with Crippen molar-refractivity contribution >= 4 is 43.4 Å². The Kier molecular flexibility index (Phi) is 5.64. The van der Waals surface area contributed by atoms with E-state index in [1.165, 1.54) is 0 Å². The Morgan fingerprint density at radius 1 is 1.21 bits per heavy atom. The molecule has 1 unspecified atom stereocenters. The summed E-state index contributed by atoms with van der Waals surface area (Å²) < 4.78 is 38.3. The van der Waals surface area contributed by atoms with Gasteiger partial charge in [0.15, 0.2) is 0 Å². The number of nitrogen functional groups attached to an aromatic ring is 1. The lowest BCUT2D eigenvalue weighted by Crippen LogP contribution is -2.23. The summed E-state index contributed by atoms with van der Waals surface area (Å²) in [5.74, 6) is 2.45. The molecule has 29 heavy (non-hydrogen) atoms. The maximum absolute atomic E-state index is 12.8.